The van der Waals surface area contributed by atoms with Crippen LogP contribution in [0, 0.1) is 0 Å². The molecular formula is C22H36O2. The molecular weight excluding hydrogens is 296 g/mol. The minimum Gasteiger partial charge on any atom is -0.379 e. The maximum atomic E-state index is 5.03. The lowest BCUT2D eigenvalue weighted by atomic mass is 10.4. The van der Waals surface area contributed by atoms with Crippen molar-refractivity contribution in [3.8, 4) is 0 Å². The van der Waals surface area contributed by atoms with Crippen molar-refractivity contribution in [1.82, 2.24) is 0 Å². The van der Waals surface area contributed by atoms with Crippen molar-refractivity contribution in [2.24, 2.45) is 0 Å². The van der Waals surface area contributed by atoms with E-state index in [1.807, 2.05) is 93.6 Å². The van der Waals surface area contributed by atoms with Crippen LogP contribution in [-0.4, -0.2) is 25.9 Å². The van der Waals surface area contributed by atoms with Gasteiger partial charge in [-0.15, -0.1) is 0 Å². The highest BCUT2D eigenvalue weighted by molar-refractivity contribution is 4.99. The van der Waals surface area contributed by atoms with E-state index < -0.39 is 0 Å². The fourth-order valence-corrected chi connectivity index (χ4v) is 1.18. The minimum absolute atomic E-state index is 0.431. The summed E-state index contributed by atoms with van der Waals surface area (Å²) >= 11 is 0. The molecule has 1 heterocycles. The monoisotopic (exact) mass is 332 g/mol. The van der Waals surface area contributed by atoms with E-state index in [9.17, 15) is 0 Å². The van der Waals surface area contributed by atoms with Gasteiger partial charge >= 0.3 is 0 Å². The van der Waals surface area contributed by atoms with E-state index in [4.69, 9.17) is 9.47 Å². The summed E-state index contributed by atoms with van der Waals surface area (Å²) in [6, 6.07) is 24.0. The van der Waals surface area contributed by atoms with Crippen molar-refractivity contribution in [2.45, 2.75) is 47.1 Å². The van der Waals surface area contributed by atoms with Gasteiger partial charge in [0, 0.05) is 6.61 Å². The maximum absolute atomic E-state index is 5.03. The number of hydrogen-bond donors (Lipinski definition) is 0. The molecule has 0 aromatic heterocycles. The van der Waals surface area contributed by atoms with Gasteiger partial charge < -0.3 is 9.47 Å². The Kier molecular flexibility index (Phi) is 24.2. The molecule has 0 N–H and O–H groups in total. The number of ether oxygens (including phenoxy) is 2. The average Bonchev–Trinajstić information content (AvgIpc) is 3.51. The van der Waals surface area contributed by atoms with Crippen LogP contribution < -0.4 is 0 Å². The lowest BCUT2D eigenvalue weighted by Gasteiger charge is -1.91. The van der Waals surface area contributed by atoms with Crippen LogP contribution in [0.25, 0.3) is 0 Å². The van der Waals surface area contributed by atoms with E-state index in [1.165, 1.54) is 6.42 Å². The molecule has 3 rings (SSSR count). The van der Waals surface area contributed by atoms with Crippen molar-refractivity contribution in [3.63, 3.8) is 0 Å². The maximum Gasteiger partial charge on any atom is 0.104 e. The second-order valence-corrected chi connectivity index (χ2v) is 4.63. The SMILES string of the molecule is CC.CCC.CCOCC1CO1.c1ccccc1.c1ccccc1. The molecule has 1 saturated heterocycles. The molecule has 24 heavy (non-hydrogen) atoms. The first kappa shape index (κ1) is 24.6. The standard InChI is InChI=1S/2C6H6.C5H10O2.C3H8.C2H6/c2*1-2-4-6-5-3-1;1-2-6-3-5-4-7-5;1-3-2;1-2/h2*1-6H;5H,2-4H2,1H3;3H2,1-2H3;1-2H3. The molecule has 2 aromatic carbocycles. The first-order valence-corrected chi connectivity index (χ1v) is 9.04. The fraction of sp³-hybridized carbons (Fsp3) is 0.455. The van der Waals surface area contributed by atoms with Crippen molar-refractivity contribution >= 4 is 0 Å². The molecule has 0 saturated carbocycles. The van der Waals surface area contributed by atoms with Crippen LogP contribution in [0.15, 0.2) is 72.8 Å². The zero-order valence-corrected chi connectivity index (χ0v) is 16.2. The topological polar surface area (TPSA) is 21.8 Å². The van der Waals surface area contributed by atoms with Gasteiger partial charge in [0.25, 0.3) is 0 Å². The van der Waals surface area contributed by atoms with Gasteiger partial charge in [0.05, 0.1) is 13.2 Å². The number of benzene rings is 2. The Labute approximate surface area is 149 Å². The van der Waals surface area contributed by atoms with Crippen LogP contribution >= 0.6 is 0 Å². The number of rotatable bonds is 3. The number of epoxide rings is 1. The smallest absolute Gasteiger partial charge is 0.104 e. The summed E-state index contributed by atoms with van der Waals surface area (Å²) in [5, 5.41) is 0. The summed E-state index contributed by atoms with van der Waals surface area (Å²) in [6.45, 7) is 12.7. The summed E-state index contributed by atoms with van der Waals surface area (Å²) in [7, 11) is 0. The molecule has 0 radical (unpaired) electrons. The van der Waals surface area contributed by atoms with Crippen molar-refractivity contribution in [3.05, 3.63) is 72.8 Å². The molecule has 0 amide bonds. The molecule has 0 aliphatic carbocycles. The van der Waals surface area contributed by atoms with Crippen molar-refractivity contribution < 1.29 is 9.47 Å². The Balaban J connectivity index is 0. The minimum atomic E-state index is 0.431. The van der Waals surface area contributed by atoms with E-state index >= 15 is 0 Å². The highest BCUT2D eigenvalue weighted by atomic mass is 16.6. The summed E-state index contributed by atoms with van der Waals surface area (Å²) < 4.78 is 9.92. The van der Waals surface area contributed by atoms with Crippen LogP contribution in [0.5, 0.6) is 0 Å². The van der Waals surface area contributed by atoms with E-state index in [0.29, 0.717) is 6.10 Å². The van der Waals surface area contributed by atoms with Gasteiger partial charge in [-0.3, -0.25) is 0 Å². The molecule has 0 bridgehead atoms. The van der Waals surface area contributed by atoms with E-state index in [1.54, 1.807) is 0 Å². The Morgan fingerprint density at radius 1 is 0.708 bits per heavy atom. The third-order valence-electron chi connectivity index (χ3n) is 2.24. The van der Waals surface area contributed by atoms with Gasteiger partial charge in [-0.05, 0) is 6.92 Å². The largest absolute Gasteiger partial charge is 0.379 e. The molecule has 1 fully saturated rings. The molecule has 2 heteroatoms. The normalized spacial score (nSPS) is 13.1. The predicted octanol–water partition coefficient (Wildman–Crippen LogP) is 6.24. The first-order chi connectivity index (χ1) is 11.8. The predicted molar refractivity (Wildman–Crippen MR) is 106 cm³/mol. The second-order valence-electron chi connectivity index (χ2n) is 4.63. The van der Waals surface area contributed by atoms with E-state index in [2.05, 4.69) is 13.8 Å². The lowest BCUT2D eigenvalue weighted by molar-refractivity contribution is 0.128. The molecule has 1 aliphatic rings. The summed E-state index contributed by atoms with van der Waals surface area (Å²) in [4.78, 5) is 0. The van der Waals surface area contributed by atoms with Gasteiger partial charge in [-0.1, -0.05) is 107 Å². The zero-order chi connectivity index (χ0) is 18.3. The van der Waals surface area contributed by atoms with Crippen LogP contribution in [0.1, 0.15) is 41.0 Å². The Morgan fingerprint density at radius 3 is 1.12 bits per heavy atom. The molecule has 136 valence electrons. The highest BCUT2D eigenvalue weighted by Crippen LogP contribution is 2.07. The molecule has 0 spiro atoms. The van der Waals surface area contributed by atoms with Crippen LogP contribution in [0.2, 0.25) is 0 Å². The summed E-state index contributed by atoms with van der Waals surface area (Å²) in [6.07, 6.45) is 1.68. The summed E-state index contributed by atoms with van der Waals surface area (Å²) in [5.41, 5.74) is 0. The average molecular weight is 333 g/mol. The van der Waals surface area contributed by atoms with Gasteiger partial charge in [0.1, 0.15) is 6.10 Å². The Hall–Kier alpha value is -1.64. The van der Waals surface area contributed by atoms with Crippen molar-refractivity contribution in [1.29, 1.82) is 0 Å². The zero-order valence-electron chi connectivity index (χ0n) is 16.2. The third kappa shape index (κ3) is 25.3. The van der Waals surface area contributed by atoms with Gasteiger partial charge in [0.2, 0.25) is 0 Å². The van der Waals surface area contributed by atoms with Crippen LogP contribution in [0.4, 0.5) is 0 Å². The lowest BCUT2D eigenvalue weighted by Crippen LogP contribution is -1.99. The van der Waals surface area contributed by atoms with Gasteiger partial charge in [-0.2, -0.15) is 0 Å². The van der Waals surface area contributed by atoms with Crippen molar-refractivity contribution in [2.75, 3.05) is 19.8 Å². The van der Waals surface area contributed by atoms with Gasteiger partial charge in [-0.25, -0.2) is 0 Å². The summed E-state index contributed by atoms with van der Waals surface area (Å²) in [5.74, 6) is 0. The molecule has 2 aromatic rings. The van der Waals surface area contributed by atoms with E-state index in [-0.39, 0.29) is 0 Å². The molecule has 1 atom stereocenters. The Morgan fingerprint density at radius 2 is 0.958 bits per heavy atom. The molecule has 1 unspecified atom stereocenters. The van der Waals surface area contributed by atoms with Crippen LogP contribution in [0.3, 0.4) is 0 Å². The fourth-order valence-electron chi connectivity index (χ4n) is 1.18. The van der Waals surface area contributed by atoms with Crippen LogP contribution in [-0.2, 0) is 9.47 Å². The Bertz CT molecular complexity index is 300. The number of hydrogen-bond acceptors (Lipinski definition) is 2. The quantitative estimate of drug-likeness (QED) is 0.621. The highest BCUT2D eigenvalue weighted by Gasteiger charge is 2.21. The second kappa shape index (κ2) is 23.6. The third-order valence-corrected chi connectivity index (χ3v) is 2.24. The molecule has 2 nitrogen and oxygen atoms in total. The molecule has 1 aliphatic heterocycles. The van der Waals surface area contributed by atoms with Gasteiger partial charge in [0.15, 0.2) is 0 Å². The first-order valence-electron chi connectivity index (χ1n) is 9.04. The van der Waals surface area contributed by atoms with E-state index in [0.717, 1.165) is 19.8 Å².